The van der Waals surface area contributed by atoms with Crippen LogP contribution in [0.3, 0.4) is 0 Å². The van der Waals surface area contributed by atoms with Crippen molar-refractivity contribution >= 4 is 5.82 Å². The average molecular weight is 373 g/mol. The van der Waals surface area contributed by atoms with E-state index in [1.165, 1.54) is 6.07 Å². The van der Waals surface area contributed by atoms with Gasteiger partial charge in [-0.2, -0.15) is 13.2 Å². The summed E-state index contributed by atoms with van der Waals surface area (Å²) >= 11 is 0. The van der Waals surface area contributed by atoms with Crippen LogP contribution in [0.1, 0.15) is 12.0 Å². The molecule has 1 heterocycles. The lowest BCUT2D eigenvalue weighted by Gasteiger charge is -2.12. The van der Waals surface area contributed by atoms with Gasteiger partial charge in [0.15, 0.2) is 5.82 Å². The zero-order valence-corrected chi connectivity index (χ0v) is 14.4. The number of aromatic nitrogens is 2. The number of nitrogens with zero attached hydrogens (tertiary/aromatic N) is 2. The van der Waals surface area contributed by atoms with Crippen LogP contribution in [-0.4, -0.2) is 28.2 Å². The van der Waals surface area contributed by atoms with E-state index in [1.807, 2.05) is 30.3 Å². The van der Waals surface area contributed by atoms with Crippen molar-refractivity contribution in [2.75, 3.05) is 18.5 Å². The highest BCUT2D eigenvalue weighted by atomic mass is 19.4. The molecule has 0 saturated carbocycles. The van der Waals surface area contributed by atoms with Crippen molar-refractivity contribution in [3.8, 4) is 22.6 Å². The molecule has 3 aromatic rings. The lowest BCUT2D eigenvalue weighted by atomic mass is 10.1. The fourth-order valence-electron chi connectivity index (χ4n) is 2.55. The van der Waals surface area contributed by atoms with Gasteiger partial charge >= 0.3 is 6.18 Å². The number of benzene rings is 2. The minimum absolute atomic E-state index is 0.0319. The zero-order chi connectivity index (χ0) is 19.3. The number of aliphatic hydroxyl groups excluding tert-OH is 1. The maximum atomic E-state index is 13.0. The summed E-state index contributed by atoms with van der Waals surface area (Å²) in [5.41, 5.74) is 0.780. The number of hydrogen-bond acceptors (Lipinski definition) is 4. The van der Waals surface area contributed by atoms with Gasteiger partial charge in [-0.25, -0.2) is 9.97 Å². The monoisotopic (exact) mass is 373 g/mol. The number of aliphatic hydroxyl groups is 1. The summed E-state index contributed by atoms with van der Waals surface area (Å²) in [6.45, 7) is 0.522. The second-order valence-corrected chi connectivity index (χ2v) is 5.91. The standard InChI is InChI=1S/C20H18F3N3O/c21-20(22,23)16-9-4-8-15(12-16)17-13-18(24-10-5-11-27)26-19(25-17)14-6-2-1-3-7-14/h1-4,6-9,12-13,27H,5,10-11H2,(H,24,25,26). The molecule has 0 radical (unpaired) electrons. The van der Waals surface area contributed by atoms with Crippen molar-refractivity contribution in [1.29, 1.82) is 0 Å². The van der Waals surface area contributed by atoms with Crippen LogP contribution < -0.4 is 5.32 Å². The molecular formula is C20H18F3N3O. The summed E-state index contributed by atoms with van der Waals surface area (Å²) in [5.74, 6) is 0.904. The first kappa shape index (κ1) is 18.8. The Morgan fingerprint density at radius 3 is 2.33 bits per heavy atom. The normalized spacial score (nSPS) is 11.4. The third kappa shape index (κ3) is 4.83. The van der Waals surface area contributed by atoms with Crippen LogP contribution >= 0.6 is 0 Å². The fraction of sp³-hybridized carbons (Fsp3) is 0.200. The number of anilines is 1. The molecule has 0 unspecified atom stereocenters. The molecule has 0 atom stereocenters. The smallest absolute Gasteiger partial charge is 0.396 e. The molecule has 0 aliphatic carbocycles. The van der Waals surface area contributed by atoms with Crippen LogP contribution in [-0.2, 0) is 6.18 Å². The molecule has 1 aromatic heterocycles. The number of nitrogens with one attached hydrogen (secondary N) is 1. The quantitative estimate of drug-likeness (QED) is 0.619. The van der Waals surface area contributed by atoms with Crippen LogP contribution in [0.15, 0.2) is 60.7 Å². The van der Waals surface area contributed by atoms with E-state index < -0.39 is 11.7 Å². The van der Waals surface area contributed by atoms with Crippen molar-refractivity contribution in [2.45, 2.75) is 12.6 Å². The molecule has 7 heteroatoms. The van der Waals surface area contributed by atoms with E-state index in [4.69, 9.17) is 5.11 Å². The minimum atomic E-state index is -4.42. The average Bonchev–Trinajstić information content (AvgIpc) is 2.68. The second-order valence-electron chi connectivity index (χ2n) is 5.91. The first-order valence-electron chi connectivity index (χ1n) is 8.44. The third-order valence-corrected chi connectivity index (χ3v) is 3.88. The maximum Gasteiger partial charge on any atom is 0.416 e. The van der Waals surface area contributed by atoms with Crippen LogP contribution in [0, 0.1) is 0 Å². The summed E-state index contributed by atoms with van der Waals surface area (Å²) < 4.78 is 39.1. The van der Waals surface area contributed by atoms with Crippen LogP contribution in [0.25, 0.3) is 22.6 Å². The molecule has 0 bridgehead atoms. The molecule has 0 aliphatic rings. The van der Waals surface area contributed by atoms with E-state index in [9.17, 15) is 13.2 Å². The summed E-state index contributed by atoms with van der Waals surface area (Å²) in [6, 6.07) is 15.9. The Morgan fingerprint density at radius 1 is 0.889 bits per heavy atom. The Hall–Kier alpha value is -2.93. The van der Waals surface area contributed by atoms with Gasteiger partial charge in [0.2, 0.25) is 0 Å². The Labute approximate surface area is 154 Å². The molecule has 2 N–H and O–H groups in total. The van der Waals surface area contributed by atoms with Gasteiger partial charge in [0.1, 0.15) is 5.82 Å². The van der Waals surface area contributed by atoms with Gasteiger partial charge in [-0.1, -0.05) is 42.5 Å². The number of hydrogen-bond donors (Lipinski definition) is 2. The van der Waals surface area contributed by atoms with E-state index in [0.717, 1.165) is 17.7 Å². The topological polar surface area (TPSA) is 58.0 Å². The lowest BCUT2D eigenvalue weighted by molar-refractivity contribution is -0.137. The maximum absolute atomic E-state index is 13.0. The van der Waals surface area contributed by atoms with Crippen LogP contribution in [0.2, 0.25) is 0 Å². The van der Waals surface area contributed by atoms with Gasteiger partial charge in [0.25, 0.3) is 0 Å². The first-order valence-corrected chi connectivity index (χ1v) is 8.44. The molecule has 0 spiro atoms. The van der Waals surface area contributed by atoms with Gasteiger partial charge < -0.3 is 10.4 Å². The summed E-state index contributed by atoms with van der Waals surface area (Å²) in [7, 11) is 0. The predicted molar refractivity (Wildman–Crippen MR) is 98.1 cm³/mol. The number of halogens is 3. The highest BCUT2D eigenvalue weighted by molar-refractivity contribution is 5.68. The molecule has 2 aromatic carbocycles. The molecular weight excluding hydrogens is 355 g/mol. The Kier molecular flexibility index (Phi) is 5.71. The molecule has 3 rings (SSSR count). The second kappa shape index (κ2) is 8.18. The van der Waals surface area contributed by atoms with Gasteiger partial charge in [-0.15, -0.1) is 0 Å². The number of rotatable bonds is 6. The Morgan fingerprint density at radius 2 is 1.63 bits per heavy atom. The molecule has 4 nitrogen and oxygen atoms in total. The minimum Gasteiger partial charge on any atom is -0.396 e. The first-order chi connectivity index (χ1) is 13.0. The van der Waals surface area contributed by atoms with Crippen molar-refractivity contribution in [3.63, 3.8) is 0 Å². The largest absolute Gasteiger partial charge is 0.416 e. The summed E-state index contributed by atoms with van der Waals surface area (Å²) in [6.07, 6.45) is -3.89. The molecule has 0 amide bonds. The molecule has 27 heavy (non-hydrogen) atoms. The van der Waals surface area contributed by atoms with Crippen LogP contribution in [0.5, 0.6) is 0 Å². The molecule has 0 aliphatic heterocycles. The van der Waals surface area contributed by atoms with Crippen molar-refractivity contribution < 1.29 is 18.3 Å². The molecule has 140 valence electrons. The highest BCUT2D eigenvalue weighted by Gasteiger charge is 2.30. The van der Waals surface area contributed by atoms with Gasteiger partial charge in [0.05, 0.1) is 11.3 Å². The van der Waals surface area contributed by atoms with Gasteiger partial charge in [-0.3, -0.25) is 0 Å². The SMILES string of the molecule is OCCCNc1cc(-c2cccc(C(F)(F)F)c2)nc(-c2ccccc2)n1. The van der Waals surface area contributed by atoms with Crippen molar-refractivity contribution in [3.05, 3.63) is 66.2 Å². The van der Waals surface area contributed by atoms with E-state index in [-0.39, 0.29) is 6.61 Å². The van der Waals surface area contributed by atoms with Crippen molar-refractivity contribution in [1.82, 2.24) is 9.97 Å². The lowest BCUT2D eigenvalue weighted by Crippen LogP contribution is -2.07. The van der Waals surface area contributed by atoms with E-state index >= 15 is 0 Å². The highest BCUT2D eigenvalue weighted by Crippen LogP contribution is 2.32. The fourth-order valence-corrected chi connectivity index (χ4v) is 2.55. The third-order valence-electron chi connectivity index (χ3n) is 3.88. The van der Waals surface area contributed by atoms with E-state index in [0.29, 0.717) is 35.9 Å². The van der Waals surface area contributed by atoms with Crippen molar-refractivity contribution in [2.24, 2.45) is 0 Å². The van der Waals surface area contributed by atoms with Crippen LogP contribution in [0.4, 0.5) is 19.0 Å². The Bertz CT molecular complexity index is 898. The number of alkyl halides is 3. The summed E-state index contributed by atoms with van der Waals surface area (Å²) in [5, 5.41) is 12.0. The molecule has 0 saturated heterocycles. The molecule has 0 fully saturated rings. The van der Waals surface area contributed by atoms with E-state index in [2.05, 4.69) is 15.3 Å². The van der Waals surface area contributed by atoms with Gasteiger partial charge in [-0.05, 0) is 18.6 Å². The van der Waals surface area contributed by atoms with E-state index in [1.54, 1.807) is 12.1 Å². The predicted octanol–water partition coefficient (Wildman–Crippen LogP) is 4.62. The summed E-state index contributed by atoms with van der Waals surface area (Å²) in [4.78, 5) is 8.90. The van der Waals surface area contributed by atoms with Gasteiger partial charge in [0, 0.05) is 30.3 Å². The zero-order valence-electron chi connectivity index (χ0n) is 14.4. The Balaban J connectivity index is 2.05.